The third kappa shape index (κ3) is 16.9. The van der Waals surface area contributed by atoms with Gasteiger partial charge in [0.05, 0.1) is 12.0 Å². The molecular formula is C29H57NO3S2. The zero-order chi connectivity index (χ0) is 26.4. The summed E-state index contributed by atoms with van der Waals surface area (Å²) >= 11 is 7.09. The first-order valence-electron chi connectivity index (χ1n) is 14.6. The van der Waals surface area contributed by atoms with E-state index in [9.17, 15) is 9.90 Å². The average molecular weight is 532 g/mol. The fourth-order valence-corrected chi connectivity index (χ4v) is 5.79. The van der Waals surface area contributed by atoms with Crippen molar-refractivity contribution in [2.75, 3.05) is 25.4 Å². The van der Waals surface area contributed by atoms with Crippen molar-refractivity contribution in [1.82, 2.24) is 4.90 Å². The van der Waals surface area contributed by atoms with E-state index in [0.29, 0.717) is 12.2 Å². The lowest BCUT2D eigenvalue weighted by Crippen LogP contribution is -2.37. The van der Waals surface area contributed by atoms with E-state index in [2.05, 4.69) is 25.7 Å². The maximum atomic E-state index is 12.9. The SMILES string of the molecule is CCCCCCCCCCCCCCCCC(CO)OC(=O)C(C)(CC)CSC(=S)N(CC)CC. The predicted octanol–water partition coefficient (Wildman–Crippen LogP) is 8.54. The highest BCUT2D eigenvalue weighted by Gasteiger charge is 2.35. The third-order valence-corrected chi connectivity index (χ3v) is 9.06. The van der Waals surface area contributed by atoms with Crippen molar-refractivity contribution in [1.29, 1.82) is 0 Å². The number of thioether (sulfide) groups is 1. The maximum absolute atomic E-state index is 12.9. The Hall–Kier alpha value is -0.330. The highest BCUT2D eigenvalue weighted by molar-refractivity contribution is 8.22. The fraction of sp³-hybridized carbons (Fsp3) is 0.931. The number of thiocarbonyl (C=S) groups is 1. The maximum Gasteiger partial charge on any atom is 0.312 e. The lowest BCUT2D eigenvalue weighted by Gasteiger charge is -2.29. The van der Waals surface area contributed by atoms with Gasteiger partial charge in [-0.2, -0.15) is 0 Å². The van der Waals surface area contributed by atoms with Crippen LogP contribution in [0.15, 0.2) is 0 Å². The minimum Gasteiger partial charge on any atom is -0.459 e. The van der Waals surface area contributed by atoms with Crippen molar-refractivity contribution in [3.8, 4) is 0 Å². The number of nitrogens with zero attached hydrogens (tertiary/aromatic N) is 1. The molecule has 0 heterocycles. The second kappa shape index (κ2) is 22.8. The molecule has 0 spiro atoms. The Bertz CT molecular complexity index is 528. The summed E-state index contributed by atoms with van der Waals surface area (Å²) in [5.74, 6) is 0.397. The van der Waals surface area contributed by atoms with Gasteiger partial charge in [-0.25, -0.2) is 0 Å². The number of ether oxygens (including phenoxy) is 1. The summed E-state index contributed by atoms with van der Waals surface area (Å²) in [4.78, 5) is 15.1. The minimum atomic E-state index is -0.592. The summed E-state index contributed by atoms with van der Waals surface area (Å²) in [6, 6.07) is 0. The van der Waals surface area contributed by atoms with Crippen LogP contribution in [0.1, 0.15) is 137 Å². The van der Waals surface area contributed by atoms with Gasteiger partial charge in [-0.1, -0.05) is 121 Å². The molecular weight excluding hydrogens is 474 g/mol. The largest absolute Gasteiger partial charge is 0.459 e. The van der Waals surface area contributed by atoms with E-state index in [1.54, 1.807) is 11.8 Å². The molecule has 0 bridgehead atoms. The van der Waals surface area contributed by atoms with Gasteiger partial charge < -0.3 is 14.7 Å². The van der Waals surface area contributed by atoms with Crippen LogP contribution in [-0.4, -0.2) is 51.8 Å². The number of esters is 1. The lowest BCUT2D eigenvalue weighted by molar-refractivity contribution is -0.161. The van der Waals surface area contributed by atoms with Crippen molar-refractivity contribution in [3.05, 3.63) is 0 Å². The van der Waals surface area contributed by atoms with Crippen LogP contribution in [-0.2, 0) is 9.53 Å². The topological polar surface area (TPSA) is 49.8 Å². The highest BCUT2D eigenvalue weighted by atomic mass is 32.2. The van der Waals surface area contributed by atoms with E-state index in [1.807, 2.05) is 13.8 Å². The Balaban J connectivity index is 4.02. The zero-order valence-electron chi connectivity index (χ0n) is 23.7. The first kappa shape index (κ1) is 34.7. The molecule has 0 rings (SSSR count). The van der Waals surface area contributed by atoms with Gasteiger partial charge in [-0.3, -0.25) is 4.79 Å². The van der Waals surface area contributed by atoms with Crippen molar-refractivity contribution in [2.24, 2.45) is 5.41 Å². The quantitative estimate of drug-likeness (QED) is 0.0810. The third-order valence-electron chi connectivity index (χ3n) is 7.17. The molecule has 4 nitrogen and oxygen atoms in total. The second-order valence-corrected chi connectivity index (χ2v) is 11.8. The highest BCUT2D eigenvalue weighted by Crippen LogP contribution is 2.30. The molecule has 0 aromatic rings. The second-order valence-electron chi connectivity index (χ2n) is 10.2. The van der Waals surface area contributed by atoms with Crippen LogP contribution in [0.2, 0.25) is 0 Å². The molecule has 0 saturated heterocycles. The van der Waals surface area contributed by atoms with Gasteiger partial charge in [0.25, 0.3) is 0 Å². The van der Waals surface area contributed by atoms with Crippen LogP contribution in [0.25, 0.3) is 0 Å². The van der Waals surface area contributed by atoms with Crippen LogP contribution in [0.5, 0.6) is 0 Å². The van der Waals surface area contributed by atoms with Crippen molar-refractivity contribution in [2.45, 2.75) is 143 Å². The Labute approximate surface area is 227 Å². The molecule has 2 atom stereocenters. The molecule has 208 valence electrons. The molecule has 0 aromatic carbocycles. The molecule has 0 aliphatic carbocycles. The summed E-state index contributed by atoms with van der Waals surface area (Å²) in [6.07, 6.45) is 19.5. The first-order chi connectivity index (χ1) is 16.9. The number of aliphatic hydroxyl groups excluding tert-OH is 1. The van der Waals surface area contributed by atoms with Crippen LogP contribution >= 0.6 is 24.0 Å². The summed E-state index contributed by atoms with van der Waals surface area (Å²) in [5.41, 5.74) is -0.592. The Morgan fingerprint density at radius 3 is 1.71 bits per heavy atom. The standard InChI is InChI=1S/C29H57NO3S2/c1-6-10-11-12-13-14-15-16-17-18-19-20-21-22-23-26(24-31)33-27(32)29(5,7-2)25-35-28(34)30(8-3)9-4/h26,31H,6-25H2,1-5H3. The van der Waals surface area contributed by atoms with Crippen LogP contribution in [0.4, 0.5) is 0 Å². The average Bonchev–Trinajstić information content (AvgIpc) is 2.87. The molecule has 0 aliphatic rings. The first-order valence-corrected chi connectivity index (χ1v) is 16.0. The van der Waals surface area contributed by atoms with E-state index in [4.69, 9.17) is 17.0 Å². The molecule has 0 amide bonds. The number of hydrogen-bond acceptors (Lipinski definition) is 5. The van der Waals surface area contributed by atoms with Gasteiger partial charge in [0.1, 0.15) is 10.4 Å². The van der Waals surface area contributed by atoms with E-state index in [-0.39, 0.29) is 12.6 Å². The molecule has 6 heteroatoms. The molecule has 2 unspecified atom stereocenters. The summed E-state index contributed by atoms with van der Waals surface area (Å²) < 4.78 is 6.59. The molecule has 0 radical (unpaired) electrons. The normalized spacial score (nSPS) is 13.9. The van der Waals surface area contributed by atoms with Crippen molar-refractivity contribution >= 4 is 34.3 Å². The number of carbonyl (C=O) groups excluding carboxylic acids is 1. The molecule has 1 N–H and O–H groups in total. The smallest absolute Gasteiger partial charge is 0.312 e. The van der Waals surface area contributed by atoms with Gasteiger partial charge in [-0.05, 0) is 40.0 Å². The monoisotopic (exact) mass is 531 g/mol. The molecule has 0 aliphatic heterocycles. The van der Waals surface area contributed by atoms with Crippen LogP contribution in [0, 0.1) is 5.41 Å². The fourth-order valence-electron chi connectivity index (χ4n) is 4.15. The Morgan fingerprint density at radius 1 is 0.857 bits per heavy atom. The van der Waals surface area contributed by atoms with Crippen molar-refractivity contribution < 1.29 is 14.6 Å². The zero-order valence-corrected chi connectivity index (χ0v) is 25.4. The number of unbranched alkanes of at least 4 members (excludes halogenated alkanes) is 13. The predicted molar refractivity (Wildman–Crippen MR) is 158 cm³/mol. The van der Waals surface area contributed by atoms with Gasteiger partial charge in [-0.15, -0.1) is 0 Å². The van der Waals surface area contributed by atoms with Gasteiger partial charge >= 0.3 is 5.97 Å². The van der Waals surface area contributed by atoms with E-state index >= 15 is 0 Å². The van der Waals surface area contributed by atoms with E-state index in [0.717, 1.165) is 36.7 Å². The van der Waals surface area contributed by atoms with Gasteiger partial charge in [0, 0.05) is 18.8 Å². The molecule has 0 fully saturated rings. The molecule has 0 saturated carbocycles. The van der Waals surface area contributed by atoms with Crippen LogP contribution < -0.4 is 0 Å². The molecule has 35 heavy (non-hydrogen) atoms. The summed E-state index contributed by atoms with van der Waals surface area (Å²) in [6.45, 7) is 12.1. The van der Waals surface area contributed by atoms with Crippen molar-refractivity contribution in [3.63, 3.8) is 0 Å². The van der Waals surface area contributed by atoms with Gasteiger partial charge in [0.15, 0.2) is 0 Å². The summed E-state index contributed by atoms with van der Waals surface area (Å²) in [5, 5.41) is 9.76. The minimum absolute atomic E-state index is 0.102. The lowest BCUT2D eigenvalue weighted by atomic mass is 9.90. The summed E-state index contributed by atoms with van der Waals surface area (Å²) in [7, 11) is 0. The van der Waals surface area contributed by atoms with E-state index < -0.39 is 11.5 Å². The Kier molecular flexibility index (Phi) is 22.6. The number of aliphatic hydroxyl groups is 1. The van der Waals surface area contributed by atoms with Crippen LogP contribution in [0.3, 0.4) is 0 Å². The Morgan fingerprint density at radius 2 is 1.31 bits per heavy atom. The number of hydrogen-bond donors (Lipinski definition) is 1. The number of carbonyl (C=O) groups is 1. The number of rotatable bonds is 23. The van der Waals surface area contributed by atoms with Gasteiger partial charge in [0.2, 0.25) is 0 Å². The molecule has 0 aromatic heterocycles. The van der Waals surface area contributed by atoms with E-state index in [1.165, 1.54) is 77.0 Å².